The van der Waals surface area contributed by atoms with Gasteiger partial charge in [0.1, 0.15) is 6.29 Å². The molecule has 2 nitrogen and oxygen atoms in total. The van der Waals surface area contributed by atoms with Crippen molar-refractivity contribution in [2.75, 3.05) is 0 Å². The molecular formula is C14H17NOS. The average molecular weight is 247 g/mol. The minimum atomic E-state index is 0.0889. The molecule has 0 N–H and O–H groups in total. The molecule has 0 bridgehead atoms. The molecule has 0 fully saturated rings. The van der Waals surface area contributed by atoms with Crippen molar-refractivity contribution >= 4 is 27.8 Å². The molecule has 0 aliphatic carbocycles. The third-order valence-corrected chi connectivity index (χ3v) is 4.12. The monoisotopic (exact) mass is 247 g/mol. The smallest absolute Gasteiger partial charge is 0.120 e. The molecule has 0 amide bonds. The molecule has 17 heavy (non-hydrogen) atoms. The van der Waals surface area contributed by atoms with Gasteiger partial charge in [-0.25, -0.2) is 4.98 Å². The van der Waals surface area contributed by atoms with Gasteiger partial charge in [-0.05, 0) is 18.1 Å². The van der Waals surface area contributed by atoms with Gasteiger partial charge in [-0.15, -0.1) is 11.3 Å². The lowest BCUT2D eigenvalue weighted by atomic mass is 9.98. The maximum Gasteiger partial charge on any atom is 0.120 e. The van der Waals surface area contributed by atoms with E-state index >= 15 is 0 Å². The Hall–Kier alpha value is -1.22. The number of thiazole rings is 1. The fraction of sp³-hybridized carbons (Fsp3) is 0.429. The van der Waals surface area contributed by atoms with E-state index in [2.05, 4.69) is 32.9 Å². The second-order valence-corrected chi connectivity index (χ2v) is 6.27. The lowest BCUT2D eigenvalue weighted by Crippen LogP contribution is -2.10. The first-order chi connectivity index (χ1) is 8.02. The molecule has 3 heteroatoms. The van der Waals surface area contributed by atoms with Crippen LogP contribution in [-0.2, 0) is 16.6 Å². The van der Waals surface area contributed by atoms with Crippen LogP contribution in [0.5, 0.6) is 0 Å². The predicted octanol–water partition coefficient (Wildman–Crippen LogP) is 3.73. The molecule has 1 aromatic carbocycles. The van der Waals surface area contributed by atoms with E-state index in [1.54, 1.807) is 11.3 Å². The van der Waals surface area contributed by atoms with E-state index in [1.165, 1.54) is 10.3 Å². The zero-order chi connectivity index (χ0) is 12.5. The van der Waals surface area contributed by atoms with Crippen molar-refractivity contribution in [2.24, 2.45) is 0 Å². The number of para-hydroxylation sites is 1. The van der Waals surface area contributed by atoms with Crippen LogP contribution in [0.2, 0.25) is 0 Å². The van der Waals surface area contributed by atoms with Crippen molar-refractivity contribution in [1.82, 2.24) is 4.98 Å². The third-order valence-electron chi connectivity index (χ3n) is 2.68. The van der Waals surface area contributed by atoms with E-state index in [4.69, 9.17) is 4.98 Å². The lowest BCUT2D eigenvalue weighted by molar-refractivity contribution is -0.107. The molecular weight excluding hydrogens is 230 g/mol. The second kappa shape index (κ2) is 4.57. The number of carbonyl (C=O) groups is 1. The van der Waals surface area contributed by atoms with Gasteiger partial charge in [0.05, 0.1) is 15.2 Å². The second-order valence-electron chi connectivity index (χ2n) is 5.24. The van der Waals surface area contributed by atoms with Crippen LogP contribution in [0.4, 0.5) is 0 Å². The summed E-state index contributed by atoms with van der Waals surface area (Å²) >= 11 is 1.75. The summed E-state index contributed by atoms with van der Waals surface area (Å²) in [7, 11) is 0. The van der Waals surface area contributed by atoms with E-state index in [1.807, 2.05) is 6.07 Å². The van der Waals surface area contributed by atoms with Crippen LogP contribution in [0.1, 0.15) is 37.8 Å². The minimum absolute atomic E-state index is 0.0889. The van der Waals surface area contributed by atoms with Crippen LogP contribution < -0.4 is 0 Å². The first-order valence-electron chi connectivity index (χ1n) is 5.85. The van der Waals surface area contributed by atoms with E-state index in [0.29, 0.717) is 6.42 Å². The zero-order valence-corrected chi connectivity index (χ0v) is 11.3. The zero-order valence-electron chi connectivity index (χ0n) is 10.5. The van der Waals surface area contributed by atoms with Crippen molar-refractivity contribution in [3.63, 3.8) is 0 Å². The Balaban J connectivity index is 2.49. The Morgan fingerprint density at radius 1 is 1.35 bits per heavy atom. The summed E-state index contributed by atoms with van der Waals surface area (Å²) in [6, 6.07) is 6.22. The van der Waals surface area contributed by atoms with Gasteiger partial charge in [0, 0.05) is 11.8 Å². The van der Waals surface area contributed by atoms with Crippen LogP contribution in [0.3, 0.4) is 0 Å². The van der Waals surface area contributed by atoms with Gasteiger partial charge in [-0.2, -0.15) is 0 Å². The Bertz CT molecular complexity index is 537. The fourth-order valence-electron chi connectivity index (χ4n) is 1.74. The van der Waals surface area contributed by atoms with Crippen LogP contribution in [-0.4, -0.2) is 11.3 Å². The van der Waals surface area contributed by atoms with Crippen molar-refractivity contribution in [3.8, 4) is 0 Å². The maximum absolute atomic E-state index is 10.5. The average Bonchev–Trinajstić information content (AvgIpc) is 2.70. The Kier molecular flexibility index (Phi) is 3.29. The fourth-order valence-corrected chi connectivity index (χ4v) is 2.81. The normalized spacial score (nSPS) is 11.9. The first kappa shape index (κ1) is 12.2. The van der Waals surface area contributed by atoms with E-state index in [-0.39, 0.29) is 5.41 Å². The molecule has 1 aromatic heterocycles. The summed E-state index contributed by atoms with van der Waals surface area (Å²) in [5.74, 6) is 0. The Morgan fingerprint density at radius 3 is 2.76 bits per heavy atom. The first-order valence-corrected chi connectivity index (χ1v) is 6.66. The molecule has 0 atom stereocenters. The molecule has 2 aromatic rings. The number of hydrogen-bond donors (Lipinski definition) is 0. The van der Waals surface area contributed by atoms with E-state index in [9.17, 15) is 4.79 Å². The molecule has 0 unspecified atom stereocenters. The molecule has 0 radical (unpaired) electrons. The number of rotatable bonds is 3. The lowest BCUT2D eigenvalue weighted by Gasteiger charge is -2.13. The van der Waals surface area contributed by atoms with E-state index in [0.717, 1.165) is 23.2 Å². The van der Waals surface area contributed by atoms with Gasteiger partial charge in [-0.3, -0.25) is 0 Å². The summed E-state index contributed by atoms with van der Waals surface area (Å²) in [4.78, 5) is 15.2. The third kappa shape index (κ3) is 2.55. The van der Waals surface area contributed by atoms with Crippen LogP contribution in [0.25, 0.3) is 10.2 Å². The molecule has 2 rings (SSSR count). The predicted molar refractivity (Wildman–Crippen MR) is 72.7 cm³/mol. The summed E-state index contributed by atoms with van der Waals surface area (Å²) in [5, 5.41) is 1.16. The minimum Gasteiger partial charge on any atom is -0.303 e. The summed E-state index contributed by atoms with van der Waals surface area (Å²) < 4.78 is 1.22. The number of aromatic nitrogens is 1. The quantitative estimate of drug-likeness (QED) is 0.774. The van der Waals surface area contributed by atoms with Gasteiger partial charge in [-0.1, -0.05) is 32.9 Å². The number of benzene rings is 1. The van der Waals surface area contributed by atoms with Crippen LogP contribution in [0, 0.1) is 0 Å². The van der Waals surface area contributed by atoms with Gasteiger partial charge >= 0.3 is 0 Å². The van der Waals surface area contributed by atoms with Gasteiger partial charge in [0.25, 0.3) is 0 Å². The number of fused-ring (bicyclic) bond motifs is 1. The molecule has 0 spiro atoms. The van der Waals surface area contributed by atoms with Crippen LogP contribution in [0.15, 0.2) is 18.2 Å². The topological polar surface area (TPSA) is 30.0 Å². The summed E-state index contributed by atoms with van der Waals surface area (Å²) in [5.41, 5.74) is 2.34. The number of aldehydes is 1. The number of hydrogen-bond acceptors (Lipinski definition) is 3. The summed E-state index contributed by atoms with van der Waals surface area (Å²) in [6.45, 7) is 6.53. The molecule has 0 saturated carbocycles. The van der Waals surface area contributed by atoms with E-state index < -0.39 is 0 Å². The van der Waals surface area contributed by atoms with Gasteiger partial charge in [0.15, 0.2) is 0 Å². The SMILES string of the molecule is CC(C)(C)c1nc2c(CCC=O)cccc2s1. The molecule has 0 aliphatic rings. The van der Waals surface area contributed by atoms with Crippen molar-refractivity contribution in [2.45, 2.75) is 39.0 Å². The van der Waals surface area contributed by atoms with Gasteiger partial charge < -0.3 is 4.79 Å². The summed E-state index contributed by atoms with van der Waals surface area (Å²) in [6.07, 6.45) is 2.32. The van der Waals surface area contributed by atoms with Crippen molar-refractivity contribution in [3.05, 3.63) is 28.8 Å². The highest BCUT2D eigenvalue weighted by Gasteiger charge is 2.19. The Morgan fingerprint density at radius 2 is 2.12 bits per heavy atom. The molecule has 90 valence electrons. The van der Waals surface area contributed by atoms with Crippen molar-refractivity contribution in [1.29, 1.82) is 0 Å². The number of nitrogens with zero attached hydrogens (tertiary/aromatic N) is 1. The molecule has 1 heterocycles. The van der Waals surface area contributed by atoms with Crippen molar-refractivity contribution < 1.29 is 4.79 Å². The van der Waals surface area contributed by atoms with Crippen LogP contribution >= 0.6 is 11.3 Å². The number of aryl methyl sites for hydroxylation is 1. The highest BCUT2D eigenvalue weighted by atomic mass is 32.1. The highest BCUT2D eigenvalue weighted by Crippen LogP contribution is 2.32. The van der Waals surface area contributed by atoms with Gasteiger partial charge in [0.2, 0.25) is 0 Å². The molecule has 0 saturated heterocycles. The maximum atomic E-state index is 10.5. The number of carbonyl (C=O) groups excluding carboxylic acids is 1. The largest absolute Gasteiger partial charge is 0.303 e. The molecule has 0 aliphatic heterocycles. The standard InChI is InChI=1S/C14H17NOS/c1-14(2,3)13-15-12-10(7-5-9-16)6-4-8-11(12)17-13/h4,6,8-9H,5,7H2,1-3H3. The highest BCUT2D eigenvalue weighted by molar-refractivity contribution is 7.18. The Labute approximate surface area is 106 Å².